The van der Waals surface area contributed by atoms with Crippen molar-refractivity contribution in [2.75, 3.05) is 18.9 Å². The van der Waals surface area contributed by atoms with Gasteiger partial charge in [0.1, 0.15) is 0 Å². The third-order valence-corrected chi connectivity index (χ3v) is 5.22. The Hall–Kier alpha value is -1.06. The Morgan fingerprint density at radius 1 is 1.25 bits per heavy atom. The Bertz CT molecular complexity index is 466. The van der Waals surface area contributed by atoms with E-state index in [9.17, 15) is 5.11 Å². The minimum Gasteiger partial charge on any atom is -0.399 e. The summed E-state index contributed by atoms with van der Waals surface area (Å²) in [5, 5.41) is 13.5. The molecule has 1 fully saturated rings. The van der Waals surface area contributed by atoms with Gasteiger partial charge in [-0.05, 0) is 48.9 Å². The van der Waals surface area contributed by atoms with Gasteiger partial charge in [0.05, 0.1) is 0 Å². The molecular formula is C17H26N2O. The molecule has 0 aliphatic heterocycles. The number of aryl methyl sites for hydroxylation is 1. The smallest absolute Gasteiger partial charge is 0.0499 e. The van der Waals surface area contributed by atoms with Crippen LogP contribution < -0.4 is 11.1 Å². The van der Waals surface area contributed by atoms with E-state index in [1.165, 1.54) is 30.4 Å². The van der Waals surface area contributed by atoms with Crippen LogP contribution in [-0.4, -0.2) is 18.3 Å². The number of aliphatic hydroxyl groups excluding tert-OH is 1. The molecule has 0 bridgehead atoms. The third-order valence-electron chi connectivity index (χ3n) is 5.22. The number of fused-ring (bicyclic) bond motifs is 1. The maximum Gasteiger partial charge on any atom is 0.0499 e. The summed E-state index contributed by atoms with van der Waals surface area (Å²) in [5.74, 6) is 0. The van der Waals surface area contributed by atoms with Crippen LogP contribution in [-0.2, 0) is 6.42 Å². The van der Waals surface area contributed by atoms with Gasteiger partial charge in [-0.1, -0.05) is 25.3 Å². The summed E-state index contributed by atoms with van der Waals surface area (Å²) in [6.07, 6.45) is 8.45. The molecule has 3 nitrogen and oxygen atoms in total. The predicted octanol–water partition coefficient (Wildman–Crippen LogP) is 2.79. The van der Waals surface area contributed by atoms with E-state index in [0.717, 1.165) is 37.9 Å². The summed E-state index contributed by atoms with van der Waals surface area (Å²) in [5.41, 5.74) is 9.64. The fourth-order valence-corrected chi connectivity index (χ4v) is 3.88. The summed E-state index contributed by atoms with van der Waals surface area (Å²) in [6.45, 7) is 1.26. The Kier molecular flexibility index (Phi) is 3.99. The number of hydrogen-bond donors (Lipinski definition) is 3. The summed E-state index contributed by atoms with van der Waals surface area (Å²) >= 11 is 0. The predicted molar refractivity (Wildman–Crippen MR) is 82.5 cm³/mol. The number of nitrogen functional groups attached to an aromatic ring is 1. The van der Waals surface area contributed by atoms with Crippen molar-refractivity contribution in [3.63, 3.8) is 0 Å². The van der Waals surface area contributed by atoms with Gasteiger partial charge in [-0.25, -0.2) is 0 Å². The Labute approximate surface area is 121 Å². The van der Waals surface area contributed by atoms with Crippen LogP contribution in [0, 0.1) is 5.41 Å². The molecule has 0 amide bonds. The molecule has 0 spiro atoms. The van der Waals surface area contributed by atoms with E-state index in [1.54, 1.807) is 0 Å². The van der Waals surface area contributed by atoms with Crippen LogP contribution in [0.5, 0.6) is 0 Å². The Morgan fingerprint density at radius 2 is 2.05 bits per heavy atom. The lowest BCUT2D eigenvalue weighted by Gasteiger charge is -2.36. The lowest BCUT2D eigenvalue weighted by Crippen LogP contribution is -2.40. The van der Waals surface area contributed by atoms with E-state index < -0.39 is 0 Å². The molecule has 0 aromatic heterocycles. The highest BCUT2D eigenvalue weighted by Crippen LogP contribution is 2.37. The van der Waals surface area contributed by atoms with Gasteiger partial charge in [0.2, 0.25) is 0 Å². The highest BCUT2D eigenvalue weighted by molar-refractivity contribution is 5.47. The molecular weight excluding hydrogens is 248 g/mol. The van der Waals surface area contributed by atoms with Gasteiger partial charge in [0.15, 0.2) is 0 Å². The van der Waals surface area contributed by atoms with Gasteiger partial charge in [-0.3, -0.25) is 0 Å². The van der Waals surface area contributed by atoms with Crippen LogP contribution in [0.2, 0.25) is 0 Å². The van der Waals surface area contributed by atoms with E-state index in [2.05, 4.69) is 17.4 Å². The lowest BCUT2D eigenvalue weighted by molar-refractivity contribution is 0.0783. The normalized spacial score (nSPS) is 24.6. The maximum absolute atomic E-state index is 9.79. The zero-order chi connectivity index (χ0) is 14.0. The average Bonchev–Trinajstić information content (AvgIpc) is 2.88. The largest absolute Gasteiger partial charge is 0.399 e. The standard InChI is InChI=1S/C17H26N2O/c18-14-5-6-15-13(10-14)4-7-16(15)19-11-17(12-20)8-2-1-3-9-17/h5-6,10,16,19-20H,1-4,7-9,11-12,18H2. The van der Waals surface area contributed by atoms with Crippen molar-refractivity contribution in [1.29, 1.82) is 0 Å². The van der Waals surface area contributed by atoms with Gasteiger partial charge in [-0.2, -0.15) is 0 Å². The molecule has 0 heterocycles. The van der Waals surface area contributed by atoms with Crippen LogP contribution in [0.15, 0.2) is 18.2 Å². The van der Waals surface area contributed by atoms with Crippen LogP contribution in [0.3, 0.4) is 0 Å². The monoisotopic (exact) mass is 274 g/mol. The molecule has 0 radical (unpaired) electrons. The van der Waals surface area contributed by atoms with E-state index in [-0.39, 0.29) is 5.41 Å². The zero-order valence-corrected chi connectivity index (χ0v) is 12.2. The first kappa shape index (κ1) is 13.9. The summed E-state index contributed by atoms with van der Waals surface area (Å²) in [4.78, 5) is 0. The van der Waals surface area contributed by atoms with Crippen LogP contribution in [0.1, 0.15) is 55.7 Å². The van der Waals surface area contributed by atoms with Gasteiger partial charge in [-0.15, -0.1) is 0 Å². The minimum atomic E-state index is 0.120. The van der Waals surface area contributed by atoms with Crippen LogP contribution in [0.4, 0.5) is 5.69 Å². The van der Waals surface area contributed by atoms with E-state index >= 15 is 0 Å². The molecule has 1 saturated carbocycles. The molecule has 4 N–H and O–H groups in total. The summed E-state index contributed by atoms with van der Waals surface area (Å²) in [6, 6.07) is 6.72. The number of hydrogen-bond acceptors (Lipinski definition) is 3. The zero-order valence-electron chi connectivity index (χ0n) is 12.2. The summed E-state index contributed by atoms with van der Waals surface area (Å²) < 4.78 is 0. The van der Waals surface area contributed by atoms with Gasteiger partial charge in [0, 0.05) is 30.3 Å². The van der Waals surface area contributed by atoms with E-state index in [0.29, 0.717) is 12.6 Å². The highest BCUT2D eigenvalue weighted by atomic mass is 16.3. The minimum absolute atomic E-state index is 0.120. The number of benzene rings is 1. The second-order valence-electron chi connectivity index (χ2n) is 6.65. The highest BCUT2D eigenvalue weighted by Gasteiger charge is 2.33. The number of anilines is 1. The SMILES string of the molecule is Nc1ccc2c(c1)CCC2NCC1(CO)CCCCC1. The van der Waals surface area contributed by atoms with E-state index in [1.807, 2.05) is 6.07 Å². The number of rotatable bonds is 4. The van der Waals surface area contributed by atoms with Crippen LogP contribution >= 0.6 is 0 Å². The van der Waals surface area contributed by atoms with Crippen molar-refractivity contribution in [3.8, 4) is 0 Å². The average molecular weight is 274 g/mol. The molecule has 1 aromatic carbocycles. The quantitative estimate of drug-likeness (QED) is 0.740. The summed E-state index contributed by atoms with van der Waals surface area (Å²) in [7, 11) is 0. The molecule has 3 rings (SSSR count). The molecule has 1 unspecified atom stereocenters. The van der Waals surface area contributed by atoms with Gasteiger partial charge in [0.25, 0.3) is 0 Å². The van der Waals surface area contributed by atoms with Crippen molar-refractivity contribution in [2.45, 2.75) is 51.0 Å². The molecule has 1 atom stereocenters. The Morgan fingerprint density at radius 3 is 2.80 bits per heavy atom. The van der Waals surface area contributed by atoms with Crippen LogP contribution in [0.25, 0.3) is 0 Å². The number of aliphatic hydroxyl groups is 1. The molecule has 2 aliphatic carbocycles. The topological polar surface area (TPSA) is 58.3 Å². The molecule has 0 saturated heterocycles. The van der Waals surface area contributed by atoms with Crippen molar-refractivity contribution >= 4 is 5.69 Å². The van der Waals surface area contributed by atoms with Crippen molar-refractivity contribution < 1.29 is 5.11 Å². The fourth-order valence-electron chi connectivity index (χ4n) is 3.88. The molecule has 2 aliphatic rings. The Balaban J connectivity index is 1.65. The first-order valence-electron chi connectivity index (χ1n) is 7.95. The molecule has 20 heavy (non-hydrogen) atoms. The first-order valence-corrected chi connectivity index (χ1v) is 7.95. The number of nitrogens with two attached hydrogens (primary N) is 1. The molecule has 3 heteroatoms. The second-order valence-corrected chi connectivity index (χ2v) is 6.65. The van der Waals surface area contributed by atoms with Crippen molar-refractivity contribution in [2.24, 2.45) is 5.41 Å². The lowest BCUT2D eigenvalue weighted by atomic mass is 9.74. The first-order chi connectivity index (χ1) is 9.72. The molecule has 1 aromatic rings. The van der Waals surface area contributed by atoms with Gasteiger partial charge >= 0.3 is 0 Å². The van der Waals surface area contributed by atoms with Gasteiger partial charge < -0.3 is 16.2 Å². The maximum atomic E-state index is 9.79. The number of nitrogens with one attached hydrogen (secondary N) is 1. The van der Waals surface area contributed by atoms with E-state index in [4.69, 9.17) is 5.73 Å². The van der Waals surface area contributed by atoms with Crippen molar-refractivity contribution in [1.82, 2.24) is 5.32 Å². The fraction of sp³-hybridized carbons (Fsp3) is 0.647. The second kappa shape index (κ2) is 5.74. The third kappa shape index (κ3) is 2.70. The van der Waals surface area contributed by atoms with Crippen molar-refractivity contribution in [3.05, 3.63) is 29.3 Å². The molecule has 110 valence electrons.